The van der Waals surface area contributed by atoms with Gasteiger partial charge in [0.25, 0.3) is 0 Å². The summed E-state index contributed by atoms with van der Waals surface area (Å²) in [5.74, 6) is -1.00. The van der Waals surface area contributed by atoms with E-state index in [1.54, 1.807) is 0 Å². The van der Waals surface area contributed by atoms with Crippen LogP contribution in [0.4, 0.5) is 0 Å². The van der Waals surface area contributed by atoms with Crippen LogP contribution >= 0.6 is 0 Å². The number of carbonyl (C=O) groups excluding carboxylic acids is 2. The van der Waals surface area contributed by atoms with Crippen LogP contribution in [0.5, 0.6) is 0 Å². The number of hydrogen-bond acceptors (Lipinski definition) is 3. The van der Waals surface area contributed by atoms with Crippen LogP contribution in [0.15, 0.2) is 0 Å². The Morgan fingerprint density at radius 3 is 2.48 bits per heavy atom. The number of carboxylic acid groups (broad SMARTS) is 1. The fraction of sp³-hybridized carbons (Fsp3) is 0.824. The molecular formula is C17H28N2O4. The third-order valence-electron chi connectivity index (χ3n) is 4.91. The molecule has 1 aliphatic carbocycles. The number of nitrogens with zero attached hydrogens (tertiary/aromatic N) is 1. The van der Waals surface area contributed by atoms with E-state index in [0.717, 1.165) is 12.8 Å². The monoisotopic (exact) mass is 324 g/mol. The van der Waals surface area contributed by atoms with Crippen LogP contribution in [0.2, 0.25) is 0 Å². The van der Waals surface area contributed by atoms with E-state index in [1.807, 2.05) is 4.90 Å². The highest BCUT2D eigenvalue weighted by atomic mass is 16.4. The molecule has 6 heteroatoms. The number of hydrogen-bond donors (Lipinski definition) is 2. The van der Waals surface area contributed by atoms with Crippen molar-refractivity contribution in [2.45, 2.75) is 70.3 Å². The van der Waals surface area contributed by atoms with Crippen LogP contribution in [0.1, 0.15) is 64.2 Å². The normalized spacial score (nSPS) is 22.9. The number of rotatable bonds is 7. The predicted octanol–water partition coefficient (Wildman–Crippen LogP) is 1.93. The Bertz CT molecular complexity index is 430. The number of unbranched alkanes of at least 4 members (excludes halogenated alkanes) is 1. The lowest BCUT2D eigenvalue weighted by atomic mass is 10.1. The van der Waals surface area contributed by atoms with Gasteiger partial charge in [0.15, 0.2) is 0 Å². The fourth-order valence-electron chi connectivity index (χ4n) is 3.59. The van der Waals surface area contributed by atoms with Crippen molar-refractivity contribution in [2.75, 3.05) is 13.1 Å². The molecular weight excluding hydrogens is 296 g/mol. The van der Waals surface area contributed by atoms with Gasteiger partial charge in [-0.15, -0.1) is 0 Å². The third-order valence-corrected chi connectivity index (χ3v) is 4.91. The summed E-state index contributed by atoms with van der Waals surface area (Å²) in [4.78, 5) is 36.8. The van der Waals surface area contributed by atoms with Gasteiger partial charge in [0.1, 0.15) is 0 Å². The Labute approximate surface area is 137 Å². The van der Waals surface area contributed by atoms with E-state index in [-0.39, 0.29) is 24.2 Å². The molecule has 1 heterocycles. The Hall–Kier alpha value is -1.59. The van der Waals surface area contributed by atoms with Gasteiger partial charge in [-0.2, -0.15) is 0 Å². The van der Waals surface area contributed by atoms with E-state index in [1.165, 1.54) is 25.7 Å². The van der Waals surface area contributed by atoms with Crippen LogP contribution < -0.4 is 5.32 Å². The zero-order valence-corrected chi connectivity index (χ0v) is 13.8. The molecule has 2 fully saturated rings. The summed E-state index contributed by atoms with van der Waals surface area (Å²) in [5, 5.41) is 11.4. The number of aliphatic carboxylic acids is 1. The van der Waals surface area contributed by atoms with Crippen LogP contribution in [-0.2, 0) is 14.4 Å². The van der Waals surface area contributed by atoms with Crippen molar-refractivity contribution < 1.29 is 19.5 Å². The maximum Gasteiger partial charge on any atom is 0.303 e. The van der Waals surface area contributed by atoms with Gasteiger partial charge in [-0.3, -0.25) is 14.4 Å². The number of likely N-dealkylation sites (tertiary alicyclic amines) is 1. The standard InChI is InChI=1S/C17H28N2O4/c20-15-11-13(17(23)18-10-6-5-9-16(21)22)12-19(15)14-7-3-1-2-4-8-14/h13-14H,1-12H2,(H,18,23)(H,21,22)/t13-/m1/s1. The molecule has 2 N–H and O–H groups in total. The summed E-state index contributed by atoms with van der Waals surface area (Å²) < 4.78 is 0. The molecule has 0 bridgehead atoms. The minimum atomic E-state index is -0.809. The average molecular weight is 324 g/mol. The van der Waals surface area contributed by atoms with Gasteiger partial charge in [0.2, 0.25) is 11.8 Å². The summed E-state index contributed by atoms with van der Waals surface area (Å²) in [6.07, 6.45) is 8.65. The quantitative estimate of drug-likeness (QED) is 0.553. The first-order valence-corrected chi connectivity index (χ1v) is 8.87. The van der Waals surface area contributed by atoms with Gasteiger partial charge in [0.05, 0.1) is 5.92 Å². The molecule has 6 nitrogen and oxygen atoms in total. The molecule has 130 valence electrons. The van der Waals surface area contributed by atoms with Crippen molar-refractivity contribution in [3.63, 3.8) is 0 Å². The first kappa shape index (κ1) is 17.8. The lowest BCUT2D eigenvalue weighted by molar-refractivity contribution is -0.137. The van der Waals surface area contributed by atoms with E-state index in [9.17, 15) is 14.4 Å². The molecule has 0 radical (unpaired) electrons. The van der Waals surface area contributed by atoms with Crippen molar-refractivity contribution in [3.05, 3.63) is 0 Å². The topological polar surface area (TPSA) is 86.7 Å². The number of nitrogens with one attached hydrogen (secondary N) is 1. The van der Waals surface area contributed by atoms with Crippen LogP contribution in [-0.4, -0.2) is 46.9 Å². The SMILES string of the molecule is O=C(O)CCCCNC(=O)[C@@H]1CC(=O)N(C2CCCCCC2)C1. The maximum atomic E-state index is 12.2. The van der Waals surface area contributed by atoms with E-state index in [2.05, 4.69) is 5.32 Å². The predicted molar refractivity (Wildman–Crippen MR) is 85.8 cm³/mol. The van der Waals surface area contributed by atoms with Crippen LogP contribution in [0, 0.1) is 5.92 Å². The summed E-state index contributed by atoms with van der Waals surface area (Å²) in [6, 6.07) is 0.318. The average Bonchev–Trinajstić information content (AvgIpc) is 2.73. The van der Waals surface area contributed by atoms with Gasteiger partial charge < -0.3 is 15.3 Å². The smallest absolute Gasteiger partial charge is 0.303 e. The lowest BCUT2D eigenvalue weighted by Gasteiger charge is -2.27. The molecule has 0 spiro atoms. The third kappa shape index (κ3) is 5.52. The Kier molecular flexibility index (Phi) is 6.86. The molecule has 1 saturated carbocycles. The van der Waals surface area contributed by atoms with E-state index >= 15 is 0 Å². The fourth-order valence-corrected chi connectivity index (χ4v) is 3.59. The number of carbonyl (C=O) groups is 3. The molecule has 1 aliphatic heterocycles. The summed E-state index contributed by atoms with van der Waals surface area (Å²) in [5.41, 5.74) is 0. The van der Waals surface area contributed by atoms with Crippen molar-refractivity contribution in [3.8, 4) is 0 Å². The molecule has 0 aromatic rings. The van der Waals surface area contributed by atoms with Crippen molar-refractivity contribution in [2.24, 2.45) is 5.92 Å². The Morgan fingerprint density at radius 2 is 1.83 bits per heavy atom. The van der Waals surface area contributed by atoms with Gasteiger partial charge in [-0.05, 0) is 25.7 Å². The molecule has 0 unspecified atom stereocenters. The van der Waals surface area contributed by atoms with Gasteiger partial charge in [-0.1, -0.05) is 25.7 Å². The summed E-state index contributed by atoms with van der Waals surface area (Å²) in [7, 11) is 0. The van der Waals surface area contributed by atoms with Crippen molar-refractivity contribution in [1.82, 2.24) is 10.2 Å². The van der Waals surface area contributed by atoms with Gasteiger partial charge in [-0.25, -0.2) is 0 Å². The largest absolute Gasteiger partial charge is 0.481 e. The number of amides is 2. The first-order chi connectivity index (χ1) is 11.1. The molecule has 23 heavy (non-hydrogen) atoms. The zero-order valence-electron chi connectivity index (χ0n) is 13.8. The highest BCUT2D eigenvalue weighted by Gasteiger charge is 2.37. The molecule has 0 aromatic carbocycles. The second-order valence-electron chi connectivity index (χ2n) is 6.73. The molecule has 0 aromatic heterocycles. The highest BCUT2D eigenvalue weighted by Crippen LogP contribution is 2.28. The van der Waals surface area contributed by atoms with E-state index in [4.69, 9.17) is 5.11 Å². The minimum Gasteiger partial charge on any atom is -0.481 e. The number of carboxylic acids is 1. The summed E-state index contributed by atoms with van der Waals surface area (Å²) in [6.45, 7) is 1.03. The van der Waals surface area contributed by atoms with Crippen molar-refractivity contribution in [1.29, 1.82) is 0 Å². The lowest BCUT2D eigenvalue weighted by Crippen LogP contribution is -2.38. The first-order valence-electron chi connectivity index (χ1n) is 8.87. The molecule has 2 aliphatic rings. The van der Waals surface area contributed by atoms with E-state index < -0.39 is 5.97 Å². The van der Waals surface area contributed by atoms with Crippen LogP contribution in [0.25, 0.3) is 0 Å². The highest BCUT2D eigenvalue weighted by molar-refractivity contribution is 5.89. The molecule has 2 amide bonds. The van der Waals surface area contributed by atoms with E-state index in [0.29, 0.717) is 38.4 Å². The second kappa shape index (κ2) is 8.89. The Balaban J connectivity index is 1.72. The van der Waals surface area contributed by atoms with Crippen LogP contribution in [0.3, 0.4) is 0 Å². The van der Waals surface area contributed by atoms with Gasteiger partial charge in [0, 0.05) is 32.0 Å². The summed E-state index contributed by atoms with van der Waals surface area (Å²) >= 11 is 0. The minimum absolute atomic E-state index is 0.0650. The zero-order chi connectivity index (χ0) is 16.7. The molecule has 1 saturated heterocycles. The second-order valence-corrected chi connectivity index (χ2v) is 6.73. The maximum absolute atomic E-state index is 12.2. The van der Waals surface area contributed by atoms with Gasteiger partial charge >= 0.3 is 5.97 Å². The molecule has 1 atom stereocenters. The molecule has 2 rings (SSSR count). The van der Waals surface area contributed by atoms with Crippen molar-refractivity contribution >= 4 is 17.8 Å². The Morgan fingerprint density at radius 1 is 1.13 bits per heavy atom.